The summed E-state index contributed by atoms with van der Waals surface area (Å²) in [4.78, 5) is 36.2. The maximum Gasteiger partial charge on any atom is 0.243 e. The molecule has 0 spiro atoms. The lowest BCUT2D eigenvalue weighted by atomic mass is 9.82. The lowest BCUT2D eigenvalue weighted by Gasteiger charge is -2.36. The molecule has 3 heterocycles. The number of likely N-dealkylation sites (tertiary alicyclic amines) is 1. The van der Waals surface area contributed by atoms with E-state index >= 15 is 0 Å². The normalized spacial score (nSPS) is 21.3. The van der Waals surface area contributed by atoms with Gasteiger partial charge in [0.25, 0.3) is 0 Å². The van der Waals surface area contributed by atoms with E-state index in [-0.39, 0.29) is 54.8 Å². The van der Waals surface area contributed by atoms with Crippen molar-refractivity contribution in [2.75, 3.05) is 6.54 Å². The number of rotatable bonds is 7. The molecule has 43 heavy (non-hydrogen) atoms. The van der Waals surface area contributed by atoms with Gasteiger partial charge in [0.05, 0.1) is 28.2 Å². The van der Waals surface area contributed by atoms with Crippen molar-refractivity contribution in [1.29, 1.82) is 0 Å². The number of fused-ring (bicyclic) bond motifs is 1. The maximum absolute atomic E-state index is 14.6. The van der Waals surface area contributed by atoms with E-state index in [9.17, 15) is 24.2 Å². The molecule has 0 bridgehead atoms. The minimum atomic E-state index is -1.28. The van der Waals surface area contributed by atoms with Gasteiger partial charge in [-0.3, -0.25) is 14.5 Å². The number of thiazole rings is 1. The predicted molar refractivity (Wildman–Crippen MR) is 164 cm³/mol. The highest BCUT2D eigenvalue weighted by Crippen LogP contribution is 2.38. The van der Waals surface area contributed by atoms with Crippen LogP contribution in [0, 0.1) is 18.7 Å². The molecule has 3 aromatic rings. The fourth-order valence-corrected chi connectivity index (χ4v) is 7.25. The van der Waals surface area contributed by atoms with E-state index in [1.165, 1.54) is 11.0 Å². The highest BCUT2D eigenvalue weighted by atomic mass is 32.1. The van der Waals surface area contributed by atoms with Crippen molar-refractivity contribution in [3.05, 3.63) is 75.7 Å². The number of aliphatic hydroxyl groups is 2. The maximum atomic E-state index is 14.6. The summed E-state index contributed by atoms with van der Waals surface area (Å²) in [5.41, 5.74) is 6.61. The third kappa shape index (κ3) is 6.11. The van der Waals surface area contributed by atoms with Crippen LogP contribution in [-0.2, 0) is 28.1 Å². The first-order valence-electron chi connectivity index (χ1n) is 14.8. The van der Waals surface area contributed by atoms with E-state index < -0.39 is 30.2 Å². The number of β-amino-alcohol motifs (C(OH)–C–C–N with tert-alkyl or cyclic N) is 1. The van der Waals surface area contributed by atoms with Crippen LogP contribution < -0.4 is 5.32 Å². The number of benzene rings is 2. The number of aliphatic hydroxyl groups excluding tert-OH is 2. The Balaban J connectivity index is 1.34. The summed E-state index contributed by atoms with van der Waals surface area (Å²) in [5, 5.41) is 24.6. The Hall–Kier alpha value is -3.18. The first-order chi connectivity index (χ1) is 20.3. The highest BCUT2D eigenvalue weighted by molar-refractivity contribution is 7.13. The van der Waals surface area contributed by atoms with Crippen molar-refractivity contribution in [3.8, 4) is 10.4 Å². The first kappa shape index (κ1) is 31.3. The summed E-state index contributed by atoms with van der Waals surface area (Å²) in [5.74, 6) is -1.46. The minimum Gasteiger partial charge on any atom is -0.391 e. The van der Waals surface area contributed by atoms with Crippen molar-refractivity contribution in [1.82, 2.24) is 20.1 Å². The van der Waals surface area contributed by atoms with Gasteiger partial charge in [0, 0.05) is 31.6 Å². The van der Waals surface area contributed by atoms with Gasteiger partial charge < -0.3 is 20.4 Å². The topological polar surface area (TPSA) is 106 Å². The Bertz CT molecular complexity index is 1520. The molecule has 0 saturated carbocycles. The van der Waals surface area contributed by atoms with Crippen LogP contribution in [0.15, 0.2) is 41.9 Å². The smallest absolute Gasteiger partial charge is 0.243 e. The highest BCUT2D eigenvalue weighted by Gasteiger charge is 2.46. The van der Waals surface area contributed by atoms with E-state index in [1.807, 2.05) is 38.4 Å². The molecule has 230 valence electrons. The number of nitrogens with zero attached hydrogens (tertiary/aromatic N) is 3. The van der Waals surface area contributed by atoms with Crippen LogP contribution in [0.25, 0.3) is 10.4 Å². The Labute approximate surface area is 256 Å². The summed E-state index contributed by atoms with van der Waals surface area (Å²) in [6, 6.07) is 9.20. The SMILES string of the molecule is Cc1ncsc1-c1ccc(CNC(=O)C2CC(O)CN2C(=O)C(C(C)C)N2Cc3cccc(F)c3C2O)c(C(C)(C)C)c1. The number of amides is 2. The molecule has 0 radical (unpaired) electrons. The second-order valence-electron chi connectivity index (χ2n) is 13.1. The Kier molecular flexibility index (Phi) is 8.77. The van der Waals surface area contributed by atoms with Crippen molar-refractivity contribution in [3.63, 3.8) is 0 Å². The van der Waals surface area contributed by atoms with Crippen LogP contribution in [0.2, 0.25) is 0 Å². The van der Waals surface area contributed by atoms with Crippen molar-refractivity contribution in [2.24, 2.45) is 5.92 Å². The lowest BCUT2D eigenvalue weighted by Crippen LogP contribution is -2.55. The van der Waals surface area contributed by atoms with Crippen LogP contribution in [0.1, 0.15) is 75.2 Å². The van der Waals surface area contributed by atoms with Crippen molar-refractivity contribution in [2.45, 2.75) is 90.9 Å². The van der Waals surface area contributed by atoms with Crippen molar-refractivity contribution >= 4 is 23.2 Å². The van der Waals surface area contributed by atoms with Crippen LogP contribution in [0.3, 0.4) is 0 Å². The van der Waals surface area contributed by atoms with E-state index in [0.29, 0.717) is 5.56 Å². The average molecular weight is 609 g/mol. The Morgan fingerprint density at radius 3 is 2.56 bits per heavy atom. The van der Waals surface area contributed by atoms with Gasteiger partial charge in [0.2, 0.25) is 11.8 Å². The molecule has 1 fully saturated rings. The van der Waals surface area contributed by atoms with E-state index in [2.05, 4.69) is 37.1 Å². The fraction of sp³-hybridized carbons (Fsp3) is 0.485. The quantitative estimate of drug-likeness (QED) is 0.360. The first-order valence-corrected chi connectivity index (χ1v) is 15.7. The molecule has 5 rings (SSSR count). The molecular weight excluding hydrogens is 567 g/mol. The zero-order valence-electron chi connectivity index (χ0n) is 25.6. The van der Waals surface area contributed by atoms with Crippen molar-refractivity contribution < 1.29 is 24.2 Å². The molecule has 2 aromatic carbocycles. The number of hydrogen-bond donors (Lipinski definition) is 3. The van der Waals surface area contributed by atoms with Crippen LogP contribution in [0.5, 0.6) is 0 Å². The summed E-state index contributed by atoms with van der Waals surface area (Å²) in [6.07, 6.45) is -2.01. The number of aromatic nitrogens is 1. The Morgan fingerprint density at radius 1 is 1.19 bits per heavy atom. The summed E-state index contributed by atoms with van der Waals surface area (Å²) in [6.45, 7) is 12.6. The molecule has 4 atom stereocenters. The molecule has 8 nitrogen and oxygen atoms in total. The molecule has 0 aliphatic carbocycles. The number of carbonyl (C=O) groups excluding carboxylic acids is 2. The minimum absolute atomic E-state index is 0.0154. The standard InChI is InChI=1S/C33H41FN4O4S/c1-18(2)28(38-15-22-8-7-9-25(34)27(22)31(38)41)32(42)37-16-23(39)13-26(37)30(40)35-14-21-11-10-20(12-24(21)33(4,5)6)29-19(3)36-17-43-29/h7-12,17-18,23,26,28,31,39,41H,13-16H2,1-6H3,(H,35,40). The second-order valence-corrected chi connectivity index (χ2v) is 13.9. The molecule has 4 unspecified atom stereocenters. The number of nitrogens with one attached hydrogen (secondary N) is 1. The zero-order valence-corrected chi connectivity index (χ0v) is 26.4. The predicted octanol–water partition coefficient (Wildman–Crippen LogP) is 4.66. The fourth-order valence-electron chi connectivity index (χ4n) is 6.44. The van der Waals surface area contributed by atoms with E-state index in [1.54, 1.807) is 28.4 Å². The third-order valence-electron chi connectivity index (χ3n) is 8.55. The molecule has 2 aliphatic heterocycles. The van der Waals surface area contributed by atoms with Gasteiger partial charge in [-0.1, -0.05) is 58.9 Å². The van der Waals surface area contributed by atoms with Gasteiger partial charge >= 0.3 is 0 Å². The molecule has 1 aromatic heterocycles. The van der Waals surface area contributed by atoms with Gasteiger partial charge in [-0.25, -0.2) is 9.37 Å². The average Bonchev–Trinajstić information content (AvgIpc) is 3.64. The van der Waals surface area contributed by atoms with Crippen LogP contribution in [0.4, 0.5) is 4.39 Å². The number of aryl methyl sites for hydroxylation is 1. The van der Waals surface area contributed by atoms with Gasteiger partial charge in [-0.05, 0) is 52.6 Å². The lowest BCUT2D eigenvalue weighted by molar-refractivity contribution is -0.149. The zero-order chi connectivity index (χ0) is 31.2. The molecule has 3 N–H and O–H groups in total. The van der Waals surface area contributed by atoms with Gasteiger partial charge in [-0.15, -0.1) is 11.3 Å². The van der Waals surface area contributed by atoms with Crippen LogP contribution >= 0.6 is 11.3 Å². The summed E-state index contributed by atoms with van der Waals surface area (Å²) < 4.78 is 14.6. The second kappa shape index (κ2) is 12.1. The van der Waals surface area contributed by atoms with Gasteiger partial charge in [0.1, 0.15) is 18.1 Å². The van der Waals surface area contributed by atoms with Gasteiger partial charge in [-0.2, -0.15) is 0 Å². The monoisotopic (exact) mass is 608 g/mol. The van der Waals surface area contributed by atoms with E-state index in [0.717, 1.165) is 27.3 Å². The molecule has 1 saturated heterocycles. The summed E-state index contributed by atoms with van der Waals surface area (Å²) >= 11 is 1.60. The molecular formula is C33H41FN4O4S. The number of hydrogen-bond acceptors (Lipinski definition) is 7. The molecule has 2 amide bonds. The molecule has 2 aliphatic rings. The Morgan fingerprint density at radius 2 is 1.93 bits per heavy atom. The largest absolute Gasteiger partial charge is 0.391 e. The van der Waals surface area contributed by atoms with Gasteiger partial charge in [0.15, 0.2) is 0 Å². The van der Waals surface area contributed by atoms with Crippen LogP contribution in [-0.4, -0.2) is 61.5 Å². The number of carbonyl (C=O) groups is 2. The summed E-state index contributed by atoms with van der Waals surface area (Å²) in [7, 11) is 0. The molecule has 10 heteroatoms. The third-order valence-corrected chi connectivity index (χ3v) is 9.53. The number of halogens is 1. The van der Waals surface area contributed by atoms with E-state index in [4.69, 9.17) is 0 Å².